The van der Waals surface area contributed by atoms with Crippen LogP contribution >= 0.6 is 0 Å². The van der Waals surface area contributed by atoms with Crippen molar-refractivity contribution >= 4 is 12.1 Å². The molecule has 1 amide bonds. The summed E-state index contributed by atoms with van der Waals surface area (Å²) in [5, 5.41) is 0. The standard InChI is InChI=1S/C10H13NO3/c1-11(7-12)9-6-8(13-2)4-5-10(9)14-3/h4-7H,1-3H3. The lowest BCUT2D eigenvalue weighted by atomic mass is 10.2. The fourth-order valence-electron chi connectivity index (χ4n) is 1.13. The van der Waals surface area contributed by atoms with Gasteiger partial charge >= 0.3 is 0 Å². The summed E-state index contributed by atoms with van der Waals surface area (Å²) in [6, 6.07) is 5.28. The highest BCUT2D eigenvalue weighted by Crippen LogP contribution is 2.30. The quantitative estimate of drug-likeness (QED) is 0.680. The molecule has 0 unspecified atom stereocenters. The van der Waals surface area contributed by atoms with E-state index in [0.717, 1.165) is 6.41 Å². The van der Waals surface area contributed by atoms with E-state index < -0.39 is 0 Å². The summed E-state index contributed by atoms with van der Waals surface area (Å²) in [5.41, 5.74) is 0.682. The third-order valence-electron chi connectivity index (χ3n) is 1.92. The molecule has 76 valence electrons. The molecule has 0 fully saturated rings. The number of nitrogens with zero attached hydrogens (tertiary/aromatic N) is 1. The molecular formula is C10H13NO3. The lowest BCUT2D eigenvalue weighted by molar-refractivity contribution is -0.107. The van der Waals surface area contributed by atoms with E-state index in [0.29, 0.717) is 17.2 Å². The number of carbonyl (C=O) groups excluding carboxylic acids is 1. The zero-order chi connectivity index (χ0) is 10.6. The summed E-state index contributed by atoms with van der Waals surface area (Å²) in [6.07, 6.45) is 0.720. The van der Waals surface area contributed by atoms with Gasteiger partial charge in [0.05, 0.1) is 19.9 Å². The molecule has 0 radical (unpaired) electrons. The van der Waals surface area contributed by atoms with E-state index in [1.165, 1.54) is 4.90 Å². The molecule has 0 spiro atoms. The Labute approximate surface area is 83.0 Å². The van der Waals surface area contributed by atoms with Crippen LogP contribution in [-0.4, -0.2) is 27.7 Å². The summed E-state index contributed by atoms with van der Waals surface area (Å²) < 4.78 is 10.2. The Kier molecular flexibility index (Phi) is 3.34. The van der Waals surface area contributed by atoms with Gasteiger partial charge in [0.15, 0.2) is 0 Å². The molecule has 0 atom stereocenters. The van der Waals surface area contributed by atoms with Crippen LogP contribution in [0.5, 0.6) is 11.5 Å². The average molecular weight is 195 g/mol. The molecule has 0 heterocycles. The lowest BCUT2D eigenvalue weighted by Crippen LogP contribution is -2.14. The minimum Gasteiger partial charge on any atom is -0.497 e. The van der Waals surface area contributed by atoms with Crippen molar-refractivity contribution < 1.29 is 14.3 Å². The fraction of sp³-hybridized carbons (Fsp3) is 0.300. The summed E-state index contributed by atoms with van der Waals surface area (Å²) in [7, 11) is 4.79. The van der Waals surface area contributed by atoms with E-state index in [-0.39, 0.29) is 0 Å². The molecule has 1 aromatic rings. The highest BCUT2D eigenvalue weighted by atomic mass is 16.5. The first kappa shape index (κ1) is 10.4. The first-order valence-electron chi connectivity index (χ1n) is 4.13. The van der Waals surface area contributed by atoms with Crippen LogP contribution < -0.4 is 14.4 Å². The van der Waals surface area contributed by atoms with E-state index in [2.05, 4.69) is 0 Å². The van der Waals surface area contributed by atoms with Gasteiger partial charge in [0.1, 0.15) is 11.5 Å². The molecule has 0 aliphatic heterocycles. The van der Waals surface area contributed by atoms with Gasteiger partial charge in [0, 0.05) is 13.1 Å². The summed E-state index contributed by atoms with van der Waals surface area (Å²) >= 11 is 0. The normalized spacial score (nSPS) is 9.36. The summed E-state index contributed by atoms with van der Waals surface area (Å²) in [5.74, 6) is 1.33. The highest BCUT2D eigenvalue weighted by Gasteiger charge is 2.08. The predicted octanol–water partition coefficient (Wildman–Crippen LogP) is 1.30. The largest absolute Gasteiger partial charge is 0.497 e. The number of hydrogen-bond acceptors (Lipinski definition) is 3. The molecule has 1 aromatic carbocycles. The van der Waals surface area contributed by atoms with Gasteiger partial charge in [-0.15, -0.1) is 0 Å². The van der Waals surface area contributed by atoms with Crippen LogP contribution in [0.25, 0.3) is 0 Å². The van der Waals surface area contributed by atoms with Gasteiger partial charge in [-0.2, -0.15) is 0 Å². The monoisotopic (exact) mass is 195 g/mol. The molecular weight excluding hydrogens is 182 g/mol. The molecule has 14 heavy (non-hydrogen) atoms. The molecule has 0 saturated heterocycles. The number of ether oxygens (including phenoxy) is 2. The van der Waals surface area contributed by atoms with Gasteiger partial charge in [0.2, 0.25) is 6.41 Å². The maximum Gasteiger partial charge on any atom is 0.213 e. The van der Waals surface area contributed by atoms with Gasteiger partial charge < -0.3 is 14.4 Å². The van der Waals surface area contributed by atoms with E-state index in [4.69, 9.17) is 9.47 Å². The number of carbonyl (C=O) groups is 1. The van der Waals surface area contributed by atoms with Crippen LogP contribution in [0.15, 0.2) is 18.2 Å². The molecule has 0 aliphatic rings. The van der Waals surface area contributed by atoms with Crippen molar-refractivity contribution in [3.05, 3.63) is 18.2 Å². The number of methoxy groups -OCH3 is 2. The second kappa shape index (κ2) is 4.50. The van der Waals surface area contributed by atoms with Crippen molar-refractivity contribution in [2.45, 2.75) is 0 Å². The van der Waals surface area contributed by atoms with Crippen molar-refractivity contribution in [1.29, 1.82) is 0 Å². The van der Waals surface area contributed by atoms with Gasteiger partial charge in [0.25, 0.3) is 0 Å². The Morgan fingerprint density at radius 1 is 1.29 bits per heavy atom. The van der Waals surface area contributed by atoms with E-state index >= 15 is 0 Å². The van der Waals surface area contributed by atoms with Gasteiger partial charge in [-0.3, -0.25) is 4.79 Å². The van der Waals surface area contributed by atoms with Crippen LogP contribution in [0.3, 0.4) is 0 Å². The lowest BCUT2D eigenvalue weighted by Gasteiger charge is -2.15. The molecule has 0 saturated carbocycles. The van der Waals surface area contributed by atoms with Crippen LogP contribution in [0.4, 0.5) is 5.69 Å². The van der Waals surface area contributed by atoms with Crippen molar-refractivity contribution in [2.75, 3.05) is 26.2 Å². The smallest absolute Gasteiger partial charge is 0.213 e. The van der Waals surface area contributed by atoms with Crippen LogP contribution in [0, 0.1) is 0 Å². The molecule has 0 aliphatic carbocycles. The maximum absolute atomic E-state index is 10.6. The van der Waals surface area contributed by atoms with Crippen LogP contribution in [-0.2, 0) is 4.79 Å². The zero-order valence-corrected chi connectivity index (χ0v) is 8.48. The summed E-state index contributed by atoms with van der Waals surface area (Å²) in [6.45, 7) is 0. The van der Waals surface area contributed by atoms with E-state index in [1.54, 1.807) is 39.5 Å². The van der Waals surface area contributed by atoms with Gasteiger partial charge in [-0.1, -0.05) is 0 Å². The highest BCUT2D eigenvalue weighted by molar-refractivity contribution is 5.78. The van der Waals surface area contributed by atoms with Crippen LogP contribution in [0.1, 0.15) is 0 Å². The van der Waals surface area contributed by atoms with E-state index in [9.17, 15) is 4.79 Å². The molecule has 0 bridgehead atoms. The van der Waals surface area contributed by atoms with Gasteiger partial charge in [-0.05, 0) is 12.1 Å². The minimum absolute atomic E-state index is 0.639. The Bertz CT molecular complexity index is 325. The Morgan fingerprint density at radius 3 is 2.50 bits per heavy atom. The van der Waals surface area contributed by atoms with Crippen molar-refractivity contribution in [2.24, 2.45) is 0 Å². The Morgan fingerprint density at radius 2 is 2.00 bits per heavy atom. The second-order valence-electron chi connectivity index (χ2n) is 2.75. The number of benzene rings is 1. The minimum atomic E-state index is 0.639. The van der Waals surface area contributed by atoms with Crippen LogP contribution in [0.2, 0.25) is 0 Å². The maximum atomic E-state index is 10.6. The number of rotatable bonds is 4. The molecule has 4 nitrogen and oxygen atoms in total. The third-order valence-corrected chi connectivity index (χ3v) is 1.92. The predicted molar refractivity (Wildman–Crippen MR) is 54.0 cm³/mol. The van der Waals surface area contributed by atoms with Crippen molar-refractivity contribution in [3.63, 3.8) is 0 Å². The first-order valence-corrected chi connectivity index (χ1v) is 4.13. The van der Waals surface area contributed by atoms with Gasteiger partial charge in [-0.25, -0.2) is 0 Å². The Hall–Kier alpha value is -1.71. The third kappa shape index (κ3) is 1.96. The topological polar surface area (TPSA) is 38.8 Å². The molecule has 4 heteroatoms. The first-order chi connectivity index (χ1) is 6.72. The average Bonchev–Trinajstić information content (AvgIpc) is 2.27. The van der Waals surface area contributed by atoms with Crippen molar-refractivity contribution in [1.82, 2.24) is 0 Å². The summed E-state index contributed by atoms with van der Waals surface area (Å²) in [4.78, 5) is 12.0. The molecule has 0 N–H and O–H groups in total. The SMILES string of the molecule is COc1ccc(OC)c(N(C)C=O)c1. The van der Waals surface area contributed by atoms with Crippen molar-refractivity contribution in [3.8, 4) is 11.5 Å². The molecule has 1 rings (SSSR count). The molecule has 0 aromatic heterocycles. The van der Waals surface area contributed by atoms with E-state index in [1.807, 2.05) is 0 Å². The number of hydrogen-bond donors (Lipinski definition) is 0. The fourth-order valence-corrected chi connectivity index (χ4v) is 1.13. The second-order valence-corrected chi connectivity index (χ2v) is 2.75. The Balaban J connectivity index is 3.14. The number of amides is 1. The zero-order valence-electron chi connectivity index (χ0n) is 8.48. The number of anilines is 1.